The fourth-order valence-corrected chi connectivity index (χ4v) is 2.23. The van der Waals surface area contributed by atoms with Crippen molar-refractivity contribution in [2.45, 2.75) is 13.0 Å². The first-order valence-corrected chi connectivity index (χ1v) is 6.11. The highest BCUT2D eigenvalue weighted by molar-refractivity contribution is 6.32. The molecule has 0 radical (unpaired) electrons. The highest BCUT2D eigenvalue weighted by atomic mass is 35.5. The molecule has 1 unspecified atom stereocenters. The van der Waals surface area contributed by atoms with Crippen molar-refractivity contribution in [1.82, 2.24) is 0 Å². The van der Waals surface area contributed by atoms with Gasteiger partial charge in [0.1, 0.15) is 0 Å². The van der Waals surface area contributed by atoms with E-state index in [1.54, 1.807) is 0 Å². The topological polar surface area (TPSA) is 26.0 Å². The lowest BCUT2D eigenvalue weighted by atomic mass is 9.98. The molecular formula is C14H13Cl2N. The van der Waals surface area contributed by atoms with Crippen LogP contribution in [0.15, 0.2) is 42.5 Å². The highest BCUT2D eigenvalue weighted by Gasteiger charge is 2.13. The van der Waals surface area contributed by atoms with Gasteiger partial charge in [0.25, 0.3) is 0 Å². The van der Waals surface area contributed by atoms with Gasteiger partial charge in [0.15, 0.2) is 0 Å². The Morgan fingerprint density at radius 3 is 2.47 bits per heavy atom. The van der Waals surface area contributed by atoms with Crippen LogP contribution in [0.1, 0.15) is 22.7 Å². The fraction of sp³-hybridized carbons (Fsp3) is 0.143. The van der Waals surface area contributed by atoms with Crippen LogP contribution >= 0.6 is 23.2 Å². The second-order valence-corrected chi connectivity index (χ2v) is 4.83. The number of hydrogen-bond acceptors (Lipinski definition) is 1. The van der Waals surface area contributed by atoms with Gasteiger partial charge in [0, 0.05) is 10.0 Å². The molecule has 17 heavy (non-hydrogen) atoms. The van der Waals surface area contributed by atoms with Crippen molar-refractivity contribution in [3.8, 4) is 0 Å². The van der Waals surface area contributed by atoms with Crippen LogP contribution in [0.25, 0.3) is 0 Å². The quantitative estimate of drug-likeness (QED) is 0.859. The molecule has 0 aliphatic carbocycles. The predicted octanol–water partition coefficient (Wildman–Crippen LogP) is 4.35. The molecule has 0 aliphatic heterocycles. The predicted molar refractivity (Wildman–Crippen MR) is 73.7 cm³/mol. The van der Waals surface area contributed by atoms with Gasteiger partial charge in [-0.15, -0.1) is 0 Å². The number of nitrogens with two attached hydrogens (primary N) is 1. The molecule has 0 aliphatic rings. The molecule has 0 aromatic heterocycles. The maximum absolute atomic E-state index is 6.26. The normalized spacial score (nSPS) is 12.5. The van der Waals surface area contributed by atoms with E-state index in [0.717, 1.165) is 21.7 Å². The molecule has 0 amide bonds. The van der Waals surface area contributed by atoms with E-state index in [0.29, 0.717) is 5.02 Å². The van der Waals surface area contributed by atoms with Gasteiger partial charge in [-0.2, -0.15) is 0 Å². The van der Waals surface area contributed by atoms with Crippen molar-refractivity contribution in [2.24, 2.45) is 5.73 Å². The maximum atomic E-state index is 6.26. The van der Waals surface area contributed by atoms with Gasteiger partial charge in [-0.05, 0) is 35.7 Å². The number of rotatable bonds is 2. The van der Waals surface area contributed by atoms with Crippen LogP contribution in [0, 0.1) is 6.92 Å². The molecule has 0 saturated carbocycles. The largest absolute Gasteiger partial charge is 0.320 e. The van der Waals surface area contributed by atoms with Crippen LogP contribution in [-0.4, -0.2) is 0 Å². The van der Waals surface area contributed by atoms with Crippen LogP contribution in [0.2, 0.25) is 10.0 Å². The molecule has 2 rings (SSSR count). The van der Waals surface area contributed by atoms with Gasteiger partial charge in [-0.25, -0.2) is 0 Å². The molecule has 3 heteroatoms. The Bertz CT molecular complexity index is 537. The summed E-state index contributed by atoms with van der Waals surface area (Å²) in [7, 11) is 0. The third-order valence-corrected chi connectivity index (χ3v) is 3.52. The van der Waals surface area contributed by atoms with Gasteiger partial charge in [-0.3, -0.25) is 0 Å². The molecule has 0 spiro atoms. The summed E-state index contributed by atoms with van der Waals surface area (Å²) in [5, 5.41) is 1.40. The van der Waals surface area contributed by atoms with Crippen LogP contribution in [0.4, 0.5) is 0 Å². The van der Waals surface area contributed by atoms with Gasteiger partial charge < -0.3 is 5.73 Å². The number of benzene rings is 2. The smallest absolute Gasteiger partial charge is 0.0567 e. The number of hydrogen-bond donors (Lipinski definition) is 1. The summed E-state index contributed by atoms with van der Waals surface area (Å²) in [6, 6.07) is 13.2. The zero-order valence-corrected chi connectivity index (χ0v) is 11.0. The second kappa shape index (κ2) is 5.09. The Kier molecular flexibility index (Phi) is 3.72. The standard InChI is InChI=1S/C14H13Cl2N/c1-9-4-2-7-12(13(9)16)14(17)10-5-3-6-11(15)8-10/h2-8,14H,17H2,1H3. The summed E-state index contributed by atoms with van der Waals surface area (Å²) in [5.74, 6) is 0. The third-order valence-electron chi connectivity index (χ3n) is 2.76. The highest BCUT2D eigenvalue weighted by Crippen LogP contribution is 2.29. The van der Waals surface area contributed by atoms with Crippen molar-refractivity contribution in [2.75, 3.05) is 0 Å². The lowest BCUT2D eigenvalue weighted by Crippen LogP contribution is -2.12. The molecule has 2 N–H and O–H groups in total. The van der Waals surface area contributed by atoms with Crippen molar-refractivity contribution in [3.05, 3.63) is 69.2 Å². The molecule has 88 valence electrons. The second-order valence-electron chi connectivity index (χ2n) is 4.01. The maximum Gasteiger partial charge on any atom is 0.0567 e. The first-order chi connectivity index (χ1) is 8.09. The van der Waals surface area contributed by atoms with Crippen LogP contribution in [0.5, 0.6) is 0 Å². The summed E-state index contributed by atoms with van der Waals surface area (Å²) >= 11 is 12.2. The Morgan fingerprint density at radius 1 is 1.06 bits per heavy atom. The average molecular weight is 266 g/mol. The van der Waals surface area contributed by atoms with E-state index in [4.69, 9.17) is 28.9 Å². The SMILES string of the molecule is Cc1cccc(C(N)c2cccc(Cl)c2)c1Cl. The van der Waals surface area contributed by atoms with Crippen molar-refractivity contribution in [3.63, 3.8) is 0 Å². The first-order valence-electron chi connectivity index (χ1n) is 5.35. The first kappa shape index (κ1) is 12.4. The minimum Gasteiger partial charge on any atom is -0.320 e. The average Bonchev–Trinajstić information content (AvgIpc) is 2.32. The van der Waals surface area contributed by atoms with Crippen LogP contribution < -0.4 is 5.73 Å². The fourth-order valence-electron chi connectivity index (χ4n) is 1.79. The monoisotopic (exact) mass is 265 g/mol. The van der Waals surface area contributed by atoms with E-state index in [2.05, 4.69) is 0 Å². The Labute approximate surface area is 111 Å². The molecular weight excluding hydrogens is 253 g/mol. The summed E-state index contributed by atoms with van der Waals surface area (Å²) in [5.41, 5.74) is 9.13. The molecule has 1 nitrogen and oxygen atoms in total. The van der Waals surface area contributed by atoms with E-state index in [1.165, 1.54) is 0 Å². The van der Waals surface area contributed by atoms with Crippen molar-refractivity contribution >= 4 is 23.2 Å². The van der Waals surface area contributed by atoms with Gasteiger partial charge in [0.2, 0.25) is 0 Å². The third kappa shape index (κ3) is 2.63. The van der Waals surface area contributed by atoms with Crippen molar-refractivity contribution < 1.29 is 0 Å². The number of aryl methyl sites for hydroxylation is 1. The summed E-state index contributed by atoms with van der Waals surface area (Å²) in [6.45, 7) is 1.97. The zero-order valence-electron chi connectivity index (χ0n) is 9.45. The molecule has 2 aromatic carbocycles. The molecule has 0 heterocycles. The Balaban J connectivity index is 2.44. The molecule has 2 aromatic rings. The van der Waals surface area contributed by atoms with E-state index >= 15 is 0 Å². The summed E-state index contributed by atoms with van der Waals surface area (Å²) in [6.07, 6.45) is 0. The summed E-state index contributed by atoms with van der Waals surface area (Å²) in [4.78, 5) is 0. The molecule has 0 saturated heterocycles. The Morgan fingerprint density at radius 2 is 1.76 bits per heavy atom. The minimum atomic E-state index is -0.249. The lowest BCUT2D eigenvalue weighted by molar-refractivity contribution is 0.870. The number of halogens is 2. The molecule has 0 fully saturated rings. The van der Waals surface area contributed by atoms with E-state index in [9.17, 15) is 0 Å². The van der Waals surface area contributed by atoms with E-state index < -0.39 is 0 Å². The zero-order chi connectivity index (χ0) is 12.4. The summed E-state index contributed by atoms with van der Waals surface area (Å²) < 4.78 is 0. The van der Waals surface area contributed by atoms with Crippen molar-refractivity contribution in [1.29, 1.82) is 0 Å². The van der Waals surface area contributed by atoms with Crippen LogP contribution in [-0.2, 0) is 0 Å². The minimum absolute atomic E-state index is 0.249. The van der Waals surface area contributed by atoms with E-state index in [1.807, 2.05) is 49.4 Å². The van der Waals surface area contributed by atoms with Gasteiger partial charge in [0.05, 0.1) is 6.04 Å². The van der Waals surface area contributed by atoms with Gasteiger partial charge in [-0.1, -0.05) is 53.5 Å². The van der Waals surface area contributed by atoms with Crippen LogP contribution in [0.3, 0.4) is 0 Å². The van der Waals surface area contributed by atoms with E-state index in [-0.39, 0.29) is 6.04 Å². The molecule has 1 atom stereocenters. The lowest BCUT2D eigenvalue weighted by Gasteiger charge is -2.15. The van der Waals surface area contributed by atoms with Gasteiger partial charge >= 0.3 is 0 Å². The Hall–Kier alpha value is -1.02. The molecule has 0 bridgehead atoms.